The molecule has 0 atom stereocenters. The van der Waals surface area contributed by atoms with Crippen LogP contribution in [0.3, 0.4) is 0 Å². The molecule has 8 heteroatoms. The molecule has 2 aromatic heterocycles. The largest absolute Gasteiger partial charge is 0.223 e. The first kappa shape index (κ1) is 18.8. The molecule has 0 bridgehead atoms. The van der Waals surface area contributed by atoms with Crippen molar-refractivity contribution in [1.29, 1.82) is 0 Å². The number of tetrazole rings is 1. The topological polar surface area (TPSA) is 88.6 Å². The predicted octanol–water partition coefficient (Wildman–Crippen LogP) is 4.49. The molecule has 28 heavy (non-hydrogen) atoms. The SMILES string of the molecule is Cc1c(S(=O)(=O)Cc2cccc(-c3nn[nH]n3)c2)sc2ccc(C(C)C)cc12. The maximum absolute atomic E-state index is 13.2. The second-order valence-corrected chi connectivity index (χ2v) is 10.4. The number of rotatable bonds is 5. The minimum Gasteiger partial charge on any atom is -0.223 e. The quantitative estimate of drug-likeness (QED) is 0.522. The second kappa shape index (κ2) is 7.10. The molecule has 2 aromatic carbocycles. The van der Waals surface area contributed by atoms with Crippen molar-refractivity contribution >= 4 is 31.3 Å². The van der Waals surface area contributed by atoms with E-state index in [2.05, 4.69) is 46.6 Å². The van der Waals surface area contributed by atoms with Gasteiger partial charge in [0, 0.05) is 10.3 Å². The first-order chi connectivity index (χ1) is 13.3. The van der Waals surface area contributed by atoms with Crippen molar-refractivity contribution < 1.29 is 8.42 Å². The number of benzene rings is 2. The molecule has 0 unspecified atom stereocenters. The Labute approximate surface area is 167 Å². The van der Waals surface area contributed by atoms with Gasteiger partial charge in [-0.1, -0.05) is 38.1 Å². The molecular formula is C20H20N4O2S2. The first-order valence-corrected chi connectivity index (χ1v) is 11.4. The van der Waals surface area contributed by atoms with Crippen molar-refractivity contribution in [2.75, 3.05) is 0 Å². The van der Waals surface area contributed by atoms with Gasteiger partial charge in [0.05, 0.1) is 5.75 Å². The Morgan fingerprint density at radius 2 is 1.96 bits per heavy atom. The van der Waals surface area contributed by atoms with Crippen molar-refractivity contribution in [2.24, 2.45) is 0 Å². The number of aryl methyl sites for hydroxylation is 1. The Bertz CT molecular complexity index is 1240. The lowest BCUT2D eigenvalue weighted by molar-refractivity contribution is 0.597. The first-order valence-electron chi connectivity index (χ1n) is 8.94. The monoisotopic (exact) mass is 412 g/mol. The van der Waals surface area contributed by atoms with Crippen LogP contribution in [0.4, 0.5) is 0 Å². The van der Waals surface area contributed by atoms with E-state index in [1.54, 1.807) is 12.1 Å². The molecule has 1 N–H and O–H groups in total. The summed E-state index contributed by atoms with van der Waals surface area (Å²) in [6.45, 7) is 6.17. The zero-order valence-electron chi connectivity index (χ0n) is 15.8. The van der Waals surface area contributed by atoms with Crippen molar-refractivity contribution in [3.8, 4) is 11.4 Å². The minimum atomic E-state index is -3.47. The average Bonchev–Trinajstić information content (AvgIpc) is 3.30. The fraction of sp³-hybridized carbons (Fsp3) is 0.250. The van der Waals surface area contributed by atoms with Gasteiger partial charge >= 0.3 is 0 Å². The number of H-pyrrole nitrogens is 1. The van der Waals surface area contributed by atoms with Crippen molar-refractivity contribution in [3.05, 3.63) is 59.2 Å². The van der Waals surface area contributed by atoms with E-state index in [0.29, 0.717) is 21.5 Å². The van der Waals surface area contributed by atoms with Gasteiger partial charge in [0.25, 0.3) is 0 Å². The van der Waals surface area contributed by atoms with E-state index in [1.165, 1.54) is 16.9 Å². The third kappa shape index (κ3) is 3.45. The van der Waals surface area contributed by atoms with E-state index in [1.807, 2.05) is 25.1 Å². The van der Waals surface area contributed by atoms with Gasteiger partial charge in [-0.2, -0.15) is 5.21 Å². The minimum absolute atomic E-state index is 0.0661. The zero-order valence-corrected chi connectivity index (χ0v) is 17.4. The van der Waals surface area contributed by atoms with Crippen LogP contribution in [0.1, 0.15) is 36.5 Å². The lowest BCUT2D eigenvalue weighted by Crippen LogP contribution is -2.04. The van der Waals surface area contributed by atoms with E-state index >= 15 is 0 Å². The van der Waals surface area contributed by atoms with Gasteiger partial charge in [0.15, 0.2) is 9.84 Å². The summed E-state index contributed by atoms with van der Waals surface area (Å²) in [5.41, 5.74) is 3.47. The summed E-state index contributed by atoms with van der Waals surface area (Å²) in [5.74, 6) is 0.777. The van der Waals surface area contributed by atoms with E-state index in [0.717, 1.165) is 21.2 Å². The standard InChI is InChI=1S/C20H20N4O2S2/c1-12(2)15-7-8-18-17(10-15)13(3)20(27-18)28(25,26)11-14-5-4-6-16(9-14)19-21-23-24-22-19/h4-10,12H,11H2,1-3H3,(H,21,22,23,24). The van der Waals surface area contributed by atoms with Crippen LogP contribution in [-0.4, -0.2) is 29.0 Å². The highest BCUT2D eigenvalue weighted by atomic mass is 32.2. The molecule has 0 saturated heterocycles. The van der Waals surface area contributed by atoms with E-state index in [4.69, 9.17) is 0 Å². The normalized spacial score (nSPS) is 12.1. The number of hydrogen-bond donors (Lipinski definition) is 1. The van der Waals surface area contributed by atoms with Crippen LogP contribution in [0.15, 0.2) is 46.7 Å². The smallest absolute Gasteiger partial charge is 0.204 e. The van der Waals surface area contributed by atoms with E-state index in [9.17, 15) is 8.42 Å². The summed E-state index contributed by atoms with van der Waals surface area (Å²) in [4.78, 5) is 0. The molecule has 4 aromatic rings. The number of aromatic nitrogens is 4. The van der Waals surface area contributed by atoms with Gasteiger partial charge in [0.1, 0.15) is 4.21 Å². The van der Waals surface area contributed by atoms with Crippen LogP contribution >= 0.6 is 11.3 Å². The molecule has 144 valence electrons. The van der Waals surface area contributed by atoms with Crippen LogP contribution in [0.5, 0.6) is 0 Å². The molecular weight excluding hydrogens is 392 g/mol. The fourth-order valence-electron chi connectivity index (χ4n) is 3.24. The highest BCUT2D eigenvalue weighted by molar-refractivity contribution is 7.93. The second-order valence-electron chi connectivity index (χ2n) is 7.12. The number of hydrogen-bond acceptors (Lipinski definition) is 6. The van der Waals surface area contributed by atoms with Gasteiger partial charge in [-0.3, -0.25) is 0 Å². The van der Waals surface area contributed by atoms with Crippen molar-refractivity contribution in [2.45, 2.75) is 36.7 Å². The fourth-order valence-corrected chi connectivity index (χ4v) is 6.44. The number of sulfone groups is 1. The van der Waals surface area contributed by atoms with Crippen LogP contribution in [0, 0.1) is 6.92 Å². The Balaban J connectivity index is 1.71. The molecule has 4 rings (SSSR count). The number of fused-ring (bicyclic) bond motifs is 1. The molecule has 0 aliphatic rings. The molecule has 0 aliphatic heterocycles. The number of thiophene rings is 1. The predicted molar refractivity (Wildman–Crippen MR) is 111 cm³/mol. The highest BCUT2D eigenvalue weighted by Crippen LogP contribution is 2.37. The van der Waals surface area contributed by atoms with Gasteiger partial charge in [-0.05, 0) is 58.3 Å². The Kier molecular flexibility index (Phi) is 4.76. The molecule has 0 fully saturated rings. The van der Waals surface area contributed by atoms with Gasteiger partial charge in [0.2, 0.25) is 5.82 Å². The van der Waals surface area contributed by atoms with Crippen LogP contribution < -0.4 is 0 Å². The lowest BCUT2D eigenvalue weighted by Gasteiger charge is -2.06. The molecule has 0 saturated carbocycles. The van der Waals surface area contributed by atoms with Gasteiger partial charge in [-0.25, -0.2) is 8.42 Å². The molecule has 0 amide bonds. The summed E-state index contributed by atoms with van der Waals surface area (Å²) in [7, 11) is -3.47. The summed E-state index contributed by atoms with van der Waals surface area (Å²) in [6.07, 6.45) is 0. The van der Waals surface area contributed by atoms with Gasteiger partial charge in [-0.15, -0.1) is 21.5 Å². The Hall–Kier alpha value is -2.58. The Morgan fingerprint density at radius 3 is 2.68 bits per heavy atom. The molecule has 0 aliphatic carbocycles. The summed E-state index contributed by atoms with van der Waals surface area (Å²) in [6, 6.07) is 13.5. The number of aromatic amines is 1. The van der Waals surface area contributed by atoms with Crippen LogP contribution in [-0.2, 0) is 15.6 Å². The van der Waals surface area contributed by atoms with Gasteiger partial charge < -0.3 is 0 Å². The molecule has 6 nitrogen and oxygen atoms in total. The summed E-state index contributed by atoms with van der Waals surface area (Å²) in [5, 5.41) is 14.9. The maximum Gasteiger partial charge on any atom is 0.204 e. The number of nitrogens with zero attached hydrogens (tertiary/aromatic N) is 3. The molecule has 0 spiro atoms. The van der Waals surface area contributed by atoms with Crippen LogP contribution in [0.25, 0.3) is 21.5 Å². The van der Waals surface area contributed by atoms with Crippen molar-refractivity contribution in [1.82, 2.24) is 20.6 Å². The lowest BCUT2D eigenvalue weighted by atomic mass is 10.0. The van der Waals surface area contributed by atoms with E-state index < -0.39 is 9.84 Å². The molecule has 0 radical (unpaired) electrons. The highest BCUT2D eigenvalue weighted by Gasteiger charge is 2.23. The maximum atomic E-state index is 13.2. The molecule has 2 heterocycles. The third-order valence-corrected chi connectivity index (χ3v) is 8.42. The zero-order chi connectivity index (χ0) is 19.9. The van der Waals surface area contributed by atoms with Crippen LogP contribution in [0.2, 0.25) is 0 Å². The Morgan fingerprint density at radius 1 is 1.14 bits per heavy atom. The van der Waals surface area contributed by atoms with E-state index in [-0.39, 0.29) is 5.75 Å². The number of nitrogens with one attached hydrogen (secondary N) is 1. The third-order valence-electron chi connectivity index (χ3n) is 4.75. The summed E-state index contributed by atoms with van der Waals surface area (Å²) < 4.78 is 27.8. The average molecular weight is 413 g/mol. The summed E-state index contributed by atoms with van der Waals surface area (Å²) >= 11 is 1.34. The van der Waals surface area contributed by atoms with Crippen molar-refractivity contribution in [3.63, 3.8) is 0 Å².